The predicted octanol–water partition coefficient (Wildman–Crippen LogP) is 3.42. The summed E-state index contributed by atoms with van der Waals surface area (Å²) in [5.41, 5.74) is 4.31. The minimum Gasteiger partial charge on any atom is -0.455 e. The number of halogens is 1. The van der Waals surface area contributed by atoms with E-state index in [9.17, 15) is 9.59 Å². The Morgan fingerprint density at radius 1 is 1.15 bits per heavy atom. The van der Waals surface area contributed by atoms with Gasteiger partial charge < -0.3 is 10.1 Å². The fourth-order valence-electron chi connectivity index (χ4n) is 2.98. The zero-order valence-electron chi connectivity index (χ0n) is 14.0. The lowest BCUT2D eigenvalue weighted by atomic mass is 10.0. The van der Waals surface area contributed by atoms with Crippen LogP contribution in [0, 0.1) is 11.3 Å². The molecule has 0 bridgehead atoms. The van der Waals surface area contributed by atoms with Gasteiger partial charge in [-0.1, -0.05) is 29.8 Å². The highest BCUT2D eigenvalue weighted by atomic mass is 35.5. The van der Waals surface area contributed by atoms with Gasteiger partial charge in [0.15, 0.2) is 6.61 Å². The van der Waals surface area contributed by atoms with Crippen LogP contribution in [0.2, 0.25) is 5.02 Å². The van der Waals surface area contributed by atoms with Crippen LogP contribution >= 0.6 is 11.6 Å². The molecule has 0 atom stereocenters. The van der Waals surface area contributed by atoms with Crippen molar-refractivity contribution in [2.45, 2.75) is 25.7 Å². The molecule has 0 heterocycles. The molecule has 0 radical (unpaired) electrons. The molecule has 1 aliphatic rings. The van der Waals surface area contributed by atoms with Crippen LogP contribution in [0.25, 0.3) is 0 Å². The molecule has 1 N–H and O–H groups in total. The lowest BCUT2D eigenvalue weighted by Gasteiger charge is -2.08. The number of ether oxygens (including phenoxy) is 1. The average Bonchev–Trinajstić information content (AvgIpc) is 3.08. The van der Waals surface area contributed by atoms with Crippen molar-refractivity contribution in [1.29, 1.82) is 5.26 Å². The number of carbonyl (C=O) groups excluding carboxylic acids is 2. The summed E-state index contributed by atoms with van der Waals surface area (Å²) in [4.78, 5) is 23.8. The van der Waals surface area contributed by atoms with Gasteiger partial charge in [0.1, 0.15) is 6.07 Å². The van der Waals surface area contributed by atoms with Crippen LogP contribution in [-0.4, -0.2) is 18.5 Å². The lowest BCUT2D eigenvalue weighted by molar-refractivity contribution is -0.146. The van der Waals surface area contributed by atoms with Gasteiger partial charge in [0.05, 0.1) is 17.0 Å². The first-order valence-electron chi connectivity index (χ1n) is 8.31. The number of aryl methyl sites for hydroxylation is 2. The number of nitriles is 1. The Morgan fingerprint density at radius 2 is 1.96 bits per heavy atom. The maximum atomic E-state index is 11.9. The summed E-state index contributed by atoms with van der Waals surface area (Å²) in [5.74, 6) is -0.913. The van der Waals surface area contributed by atoms with Gasteiger partial charge in [-0.15, -0.1) is 0 Å². The van der Waals surface area contributed by atoms with E-state index in [1.165, 1.54) is 23.3 Å². The number of carbonyl (C=O) groups is 2. The van der Waals surface area contributed by atoms with Crippen molar-refractivity contribution in [2.75, 3.05) is 11.9 Å². The first-order valence-corrected chi connectivity index (χ1v) is 8.69. The minimum absolute atomic E-state index is 0.142. The van der Waals surface area contributed by atoms with Gasteiger partial charge in [-0.25, -0.2) is 0 Å². The van der Waals surface area contributed by atoms with Crippen LogP contribution < -0.4 is 5.32 Å². The van der Waals surface area contributed by atoms with E-state index in [4.69, 9.17) is 21.6 Å². The Bertz CT molecular complexity index is 877. The molecule has 5 nitrogen and oxygen atoms in total. The number of amides is 1. The zero-order chi connectivity index (χ0) is 18.5. The van der Waals surface area contributed by atoms with Gasteiger partial charge in [-0.2, -0.15) is 5.26 Å². The number of rotatable bonds is 5. The van der Waals surface area contributed by atoms with E-state index in [0.717, 1.165) is 24.8 Å². The maximum Gasteiger partial charge on any atom is 0.310 e. The Balaban J connectivity index is 1.49. The molecule has 0 saturated carbocycles. The van der Waals surface area contributed by atoms with Gasteiger partial charge in [0, 0.05) is 5.69 Å². The van der Waals surface area contributed by atoms with Crippen molar-refractivity contribution in [1.82, 2.24) is 0 Å². The molecule has 0 unspecified atom stereocenters. The number of benzene rings is 2. The number of hydrogen-bond acceptors (Lipinski definition) is 4. The number of hydrogen-bond donors (Lipinski definition) is 1. The fraction of sp³-hybridized carbons (Fsp3) is 0.250. The minimum atomic E-state index is -0.465. The van der Waals surface area contributed by atoms with Gasteiger partial charge in [-0.3, -0.25) is 9.59 Å². The van der Waals surface area contributed by atoms with Crippen LogP contribution in [0.5, 0.6) is 0 Å². The molecular formula is C20H17ClN2O3. The molecule has 26 heavy (non-hydrogen) atoms. The van der Waals surface area contributed by atoms with E-state index in [2.05, 4.69) is 11.4 Å². The molecule has 132 valence electrons. The van der Waals surface area contributed by atoms with Crippen molar-refractivity contribution in [2.24, 2.45) is 0 Å². The monoisotopic (exact) mass is 368 g/mol. The molecule has 1 aliphatic carbocycles. The SMILES string of the molecule is N#Cc1ccc(NC(=O)COC(=O)Cc2ccc3c(c2)CCC3)cc1Cl. The number of esters is 1. The Labute approximate surface area is 156 Å². The molecule has 0 spiro atoms. The highest BCUT2D eigenvalue weighted by Crippen LogP contribution is 2.23. The van der Waals surface area contributed by atoms with Crippen LogP contribution in [0.3, 0.4) is 0 Å². The summed E-state index contributed by atoms with van der Waals surface area (Å²) < 4.78 is 5.04. The van der Waals surface area contributed by atoms with E-state index in [-0.39, 0.29) is 18.1 Å². The molecule has 2 aromatic rings. The predicted molar refractivity (Wildman–Crippen MR) is 97.9 cm³/mol. The van der Waals surface area contributed by atoms with E-state index in [0.29, 0.717) is 11.3 Å². The van der Waals surface area contributed by atoms with Gasteiger partial charge in [-0.05, 0) is 54.2 Å². The summed E-state index contributed by atoms with van der Waals surface area (Å²) in [6, 6.07) is 12.5. The molecule has 0 aliphatic heterocycles. The average molecular weight is 369 g/mol. The molecule has 3 rings (SSSR count). The van der Waals surface area contributed by atoms with Gasteiger partial charge in [0.25, 0.3) is 5.91 Å². The molecule has 2 aromatic carbocycles. The lowest BCUT2D eigenvalue weighted by Crippen LogP contribution is -2.21. The molecule has 6 heteroatoms. The normalized spacial score (nSPS) is 12.2. The van der Waals surface area contributed by atoms with Gasteiger partial charge >= 0.3 is 5.97 Å². The second kappa shape index (κ2) is 8.03. The van der Waals surface area contributed by atoms with Crippen molar-refractivity contribution in [3.63, 3.8) is 0 Å². The standard InChI is InChI=1S/C20H17ClN2O3/c21-18-10-17(7-6-16(18)11-22)23-19(24)12-26-20(25)9-13-4-5-14-2-1-3-15(14)8-13/h4-8,10H,1-3,9,12H2,(H,23,24). The number of nitrogens with one attached hydrogen (secondary N) is 1. The van der Waals surface area contributed by atoms with Crippen molar-refractivity contribution >= 4 is 29.2 Å². The van der Waals surface area contributed by atoms with Crippen molar-refractivity contribution < 1.29 is 14.3 Å². The van der Waals surface area contributed by atoms with E-state index in [1.807, 2.05) is 18.2 Å². The number of nitrogens with zero attached hydrogens (tertiary/aromatic N) is 1. The topological polar surface area (TPSA) is 79.2 Å². The Hall–Kier alpha value is -2.84. The smallest absolute Gasteiger partial charge is 0.310 e. The quantitative estimate of drug-likeness (QED) is 0.820. The van der Waals surface area contributed by atoms with E-state index >= 15 is 0 Å². The third-order valence-corrected chi connectivity index (χ3v) is 4.56. The van der Waals surface area contributed by atoms with Crippen LogP contribution in [-0.2, 0) is 33.6 Å². The van der Waals surface area contributed by atoms with E-state index < -0.39 is 11.9 Å². The third-order valence-electron chi connectivity index (χ3n) is 4.25. The summed E-state index contributed by atoms with van der Waals surface area (Å²) in [6.07, 6.45) is 3.44. The molecule has 0 aromatic heterocycles. The summed E-state index contributed by atoms with van der Waals surface area (Å²) in [6.45, 7) is -0.374. The molecule has 1 amide bonds. The summed E-state index contributed by atoms with van der Waals surface area (Å²) in [5, 5.41) is 11.7. The van der Waals surface area contributed by atoms with Gasteiger partial charge in [0.2, 0.25) is 0 Å². The zero-order valence-corrected chi connectivity index (χ0v) is 14.8. The van der Waals surface area contributed by atoms with E-state index in [1.54, 1.807) is 6.07 Å². The van der Waals surface area contributed by atoms with Crippen LogP contribution in [0.15, 0.2) is 36.4 Å². The largest absolute Gasteiger partial charge is 0.455 e. The Morgan fingerprint density at radius 3 is 2.73 bits per heavy atom. The second-order valence-corrected chi connectivity index (χ2v) is 6.56. The number of anilines is 1. The fourth-order valence-corrected chi connectivity index (χ4v) is 3.20. The third kappa shape index (κ3) is 4.41. The Kier molecular flexibility index (Phi) is 5.55. The molecule has 0 saturated heterocycles. The summed E-state index contributed by atoms with van der Waals surface area (Å²) >= 11 is 5.91. The van der Waals surface area contributed by atoms with Crippen molar-refractivity contribution in [3.8, 4) is 6.07 Å². The number of fused-ring (bicyclic) bond motifs is 1. The first-order chi connectivity index (χ1) is 12.5. The second-order valence-electron chi connectivity index (χ2n) is 6.15. The molecular weight excluding hydrogens is 352 g/mol. The van der Waals surface area contributed by atoms with Crippen LogP contribution in [0.1, 0.15) is 28.7 Å². The van der Waals surface area contributed by atoms with Crippen molar-refractivity contribution in [3.05, 3.63) is 63.7 Å². The first kappa shape index (κ1) is 18.0. The maximum absolute atomic E-state index is 11.9. The van der Waals surface area contributed by atoms with Crippen LogP contribution in [0.4, 0.5) is 5.69 Å². The highest BCUT2D eigenvalue weighted by Gasteiger charge is 2.14. The summed E-state index contributed by atoms with van der Waals surface area (Å²) in [7, 11) is 0. The molecule has 0 fully saturated rings. The highest BCUT2D eigenvalue weighted by molar-refractivity contribution is 6.32.